The van der Waals surface area contributed by atoms with E-state index in [4.69, 9.17) is 10.3 Å². The quantitative estimate of drug-likeness (QED) is 0.738. The van der Waals surface area contributed by atoms with Gasteiger partial charge in [-0.2, -0.15) is 5.10 Å². The van der Waals surface area contributed by atoms with E-state index in [2.05, 4.69) is 15.4 Å². The molecule has 0 radical (unpaired) electrons. The Hall–Kier alpha value is -3.16. The number of nitrogens with zero attached hydrogens (tertiary/aromatic N) is 3. The van der Waals surface area contributed by atoms with Crippen molar-refractivity contribution >= 4 is 22.8 Å². The van der Waals surface area contributed by atoms with Gasteiger partial charge in [-0.15, -0.1) is 0 Å². The largest absolute Gasteiger partial charge is 0.364 e. The first-order valence-corrected chi connectivity index (χ1v) is 8.58. The fraction of sp³-hybridized carbons (Fsp3) is 0.333. The zero-order valence-electron chi connectivity index (χ0n) is 14.1. The van der Waals surface area contributed by atoms with Crippen molar-refractivity contribution in [1.29, 1.82) is 0 Å². The molecule has 1 fully saturated rings. The highest BCUT2D eigenvalue weighted by Crippen LogP contribution is 2.27. The number of likely N-dealkylation sites (tertiary alicyclic amines) is 1. The summed E-state index contributed by atoms with van der Waals surface area (Å²) in [6.07, 6.45) is 1.86. The van der Waals surface area contributed by atoms with Gasteiger partial charge in [-0.3, -0.25) is 14.7 Å². The molecule has 8 heteroatoms. The Balaban J connectivity index is 1.38. The average molecular weight is 353 g/mol. The van der Waals surface area contributed by atoms with Crippen LogP contribution in [0, 0.1) is 0 Å². The maximum absolute atomic E-state index is 12.6. The van der Waals surface area contributed by atoms with E-state index < -0.39 is 5.91 Å². The SMILES string of the molecule is NC(=O)c1cc(C2CCN(C(=O)Cc3noc4ccccc34)CC2)[nH]n1. The molecule has 0 aliphatic carbocycles. The lowest BCUT2D eigenvalue weighted by molar-refractivity contribution is -0.131. The second-order valence-electron chi connectivity index (χ2n) is 6.53. The molecule has 1 aliphatic rings. The van der Waals surface area contributed by atoms with Crippen molar-refractivity contribution in [1.82, 2.24) is 20.3 Å². The highest BCUT2D eigenvalue weighted by atomic mass is 16.5. The van der Waals surface area contributed by atoms with E-state index in [0.29, 0.717) is 24.4 Å². The molecule has 2 amide bonds. The van der Waals surface area contributed by atoms with Crippen LogP contribution in [0.5, 0.6) is 0 Å². The van der Waals surface area contributed by atoms with Gasteiger partial charge < -0.3 is 15.2 Å². The summed E-state index contributed by atoms with van der Waals surface area (Å²) in [5, 5.41) is 11.7. The van der Waals surface area contributed by atoms with E-state index in [1.165, 1.54) is 0 Å². The standard InChI is InChI=1S/C18H19N5O3/c19-18(25)15-9-13(20-21-15)11-5-7-23(8-6-11)17(24)10-14-12-3-1-2-4-16(12)26-22-14/h1-4,9,11H,5-8,10H2,(H2,19,25)(H,20,21). The maximum Gasteiger partial charge on any atom is 0.269 e. The van der Waals surface area contributed by atoms with Crippen molar-refractivity contribution in [3.8, 4) is 0 Å². The molecule has 1 saturated heterocycles. The molecule has 4 rings (SSSR count). The van der Waals surface area contributed by atoms with Gasteiger partial charge in [-0.1, -0.05) is 17.3 Å². The number of H-pyrrole nitrogens is 1. The minimum Gasteiger partial charge on any atom is -0.364 e. The average Bonchev–Trinajstić information content (AvgIpc) is 3.30. The zero-order valence-corrected chi connectivity index (χ0v) is 14.1. The molecule has 134 valence electrons. The van der Waals surface area contributed by atoms with E-state index in [-0.39, 0.29) is 23.9 Å². The fourth-order valence-corrected chi connectivity index (χ4v) is 3.43. The summed E-state index contributed by atoms with van der Waals surface area (Å²) < 4.78 is 5.26. The van der Waals surface area contributed by atoms with Gasteiger partial charge in [-0.25, -0.2) is 0 Å². The maximum atomic E-state index is 12.6. The third-order valence-corrected chi connectivity index (χ3v) is 4.91. The smallest absolute Gasteiger partial charge is 0.269 e. The van der Waals surface area contributed by atoms with E-state index in [9.17, 15) is 9.59 Å². The number of hydrogen-bond acceptors (Lipinski definition) is 5. The number of primary amides is 1. The number of carbonyl (C=O) groups excluding carboxylic acids is 2. The molecule has 2 aromatic heterocycles. The molecule has 26 heavy (non-hydrogen) atoms. The first-order valence-electron chi connectivity index (χ1n) is 8.58. The van der Waals surface area contributed by atoms with Gasteiger partial charge in [0, 0.05) is 30.1 Å². The van der Waals surface area contributed by atoms with Crippen molar-refractivity contribution in [3.05, 3.63) is 47.4 Å². The second kappa shape index (κ2) is 6.62. The second-order valence-corrected chi connectivity index (χ2v) is 6.53. The molecule has 0 spiro atoms. The van der Waals surface area contributed by atoms with Crippen LogP contribution >= 0.6 is 0 Å². The summed E-state index contributed by atoms with van der Waals surface area (Å²) in [7, 11) is 0. The number of rotatable bonds is 4. The number of nitrogens with one attached hydrogen (secondary N) is 1. The van der Waals surface area contributed by atoms with Crippen LogP contribution in [0.25, 0.3) is 11.0 Å². The topological polar surface area (TPSA) is 118 Å². The highest BCUT2D eigenvalue weighted by molar-refractivity contribution is 5.90. The van der Waals surface area contributed by atoms with Gasteiger partial charge in [0.15, 0.2) is 5.58 Å². The molecule has 3 heterocycles. The highest BCUT2D eigenvalue weighted by Gasteiger charge is 2.26. The molecule has 0 atom stereocenters. The van der Waals surface area contributed by atoms with Gasteiger partial charge in [0.1, 0.15) is 11.4 Å². The van der Waals surface area contributed by atoms with E-state index >= 15 is 0 Å². The van der Waals surface area contributed by atoms with Crippen molar-refractivity contribution < 1.29 is 14.1 Å². The predicted octanol–water partition coefficient (Wildman–Crippen LogP) is 1.60. The number of aromatic nitrogens is 3. The molecule has 3 aromatic rings. The van der Waals surface area contributed by atoms with Crippen LogP contribution in [0.3, 0.4) is 0 Å². The number of hydrogen-bond donors (Lipinski definition) is 2. The van der Waals surface area contributed by atoms with Crippen molar-refractivity contribution in [3.63, 3.8) is 0 Å². The Labute approximate surface area is 149 Å². The van der Waals surface area contributed by atoms with Crippen molar-refractivity contribution in [2.75, 3.05) is 13.1 Å². The Morgan fingerprint density at radius 3 is 2.77 bits per heavy atom. The summed E-state index contributed by atoms with van der Waals surface area (Å²) in [4.78, 5) is 25.6. The minimum absolute atomic E-state index is 0.0462. The van der Waals surface area contributed by atoms with E-state index in [0.717, 1.165) is 23.9 Å². The summed E-state index contributed by atoms with van der Waals surface area (Å²) in [5.41, 5.74) is 7.74. The number of nitrogens with two attached hydrogens (primary N) is 1. The van der Waals surface area contributed by atoms with E-state index in [1.54, 1.807) is 6.07 Å². The normalized spacial score (nSPS) is 15.5. The molecule has 0 unspecified atom stereocenters. The lowest BCUT2D eigenvalue weighted by Gasteiger charge is -2.31. The van der Waals surface area contributed by atoms with Crippen LogP contribution < -0.4 is 5.73 Å². The molecule has 3 N–H and O–H groups in total. The van der Waals surface area contributed by atoms with Crippen LogP contribution in [-0.4, -0.2) is 45.2 Å². The Bertz CT molecular complexity index is 953. The van der Waals surface area contributed by atoms with Crippen molar-refractivity contribution in [2.24, 2.45) is 5.73 Å². The minimum atomic E-state index is -0.542. The summed E-state index contributed by atoms with van der Waals surface area (Å²) in [6, 6.07) is 9.24. The van der Waals surface area contributed by atoms with Gasteiger partial charge in [0.2, 0.25) is 5.91 Å². The third-order valence-electron chi connectivity index (χ3n) is 4.91. The summed E-state index contributed by atoms with van der Waals surface area (Å²) in [6.45, 7) is 1.31. The lowest BCUT2D eigenvalue weighted by atomic mass is 9.93. The van der Waals surface area contributed by atoms with E-state index in [1.807, 2.05) is 29.2 Å². The first kappa shape index (κ1) is 16.3. The van der Waals surface area contributed by atoms with Crippen LogP contribution in [0.4, 0.5) is 0 Å². The monoisotopic (exact) mass is 353 g/mol. The van der Waals surface area contributed by atoms with Gasteiger partial charge >= 0.3 is 0 Å². The number of carbonyl (C=O) groups is 2. The predicted molar refractivity (Wildman–Crippen MR) is 93.4 cm³/mol. The fourth-order valence-electron chi connectivity index (χ4n) is 3.43. The number of fused-ring (bicyclic) bond motifs is 1. The molecule has 1 aromatic carbocycles. The van der Waals surface area contributed by atoms with Crippen LogP contribution in [-0.2, 0) is 11.2 Å². The molecular weight excluding hydrogens is 334 g/mol. The first-order chi connectivity index (χ1) is 12.6. The number of amides is 2. The lowest BCUT2D eigenvalue weighted by Crippen LogP contribution is -2.38. The van der Waals surface area contributed by atoms with Gasteiger partial charge in [0.05, 0.1) is 6.42 Å². The Morgan fingerprint density at radius 2 is 2.04 bits per heavy atom. The molecular formula is C18H19N5O3. The molecule has 8 nitrogen and oxygen atoms in total. The van der Waals surface area contributed by atoms with Crippen molar-refractivity contribution in [2.45, 2.75) is 25.2 Å². The van der Waals surface area contributed by atoms with Gasteiger partial charge in [-0.05, 0) is 31.0 Å². The summed E-state index contributed by atoms with van der Waals surface area (Å²) >= 11 is 0. The number of para-hydroxylation sites is 1. The molecule has 0 saturated carbocycles. The summed E-state index contributed by atoms with van der Waals surface area (Å²) in [5.74, 6) is -0.252. The number of benzene rings is 1. The van der Waals surface area contributed by atoms with Crippen LogP contribution in [0.2, 0.25) is 0 Å². The molecule has 0 bridgehead atoms. The Kier molecular flexibility index (Phi) is 4.16. The van der Waals surface area contributed by atoms with Crippen LogP contribution in [0.15, 0.2) is 34.9 Å². The van der Waals surface area contributed by atoms with Gasteiger partial charge in [0.25, 0.3) is 5.91 Å². The number of aromatic amines is 1. The Morgan fingerprint density at radius 1 is 1.27 bits per heavy atom. The zero-order chi connectivity index (χ0) is 18.1. The third kappa shape index (κ3) is 3.05. The van der Waals surface area contributed by atoms with Crippen LogP contribution in [0.1, 0.15) is 40.6 Å². The number of piperidine rings is 1. The molecule has 1 aliphatic heterocycles.